The van der Waals surface area contributed by atoms with E-state index in [2.05, 4.69) is 15.4 Å². The first-order valence-corrected chi connectivity index (χ1v) is 11.0. The van der Waals surface area contributed by atoms with Gasteiger partial charge in [0.05, 0.1) is 23.6 Å². The number of hydrogen-bond donors (Lipinski definition) is 3. The highest BCUT2D eigenvalue weighted by Crippen LogP contribution is 2.27. The van der Waals surface area contributed by atoms with Crippen LogP contribution in [0.1, 0.15) is 34.5 Å². The number of non-ortho nitro benzene ring substituents is 1. The number of amides is 1. The predicted molar refractivity (Wildman–Crippen MR) is 127 cm³/mol. The zero-order valence-corrected chi connectivity index (χ0v) is 19.9. The monoisotopic (exact) mass is 519 g/mol. The van der Waals surface area contributed by atoms with Gasteiger partial charge in [-0.1, -0.05) is 24.3 Å². The van der Waals surface area contributed by atoms with E-state index in [1.54, 1.807) is 6.92 Å². The molecular formula is C24H24F3N5O5. The van der Waals surface area contributed by atoms with Crippen LogP contribution in [0.2, 0.25) is 0 Å². The van der Waals surface area contributed by atoms with Crippen LogP contribution < -0.4 is 10.6 Å². The van der Waals surface area contributed by atoms with Crippen LogP contribution in [0.25, 0.3) is 0 Å². The van der Waals surface area contributed by atoms with Gasteiger partial charge in [-0.2, -0.15) is 13.2 Å². The van der Waals surface area contributed by atoms with Crippen molar-refractivity contribution in [3.63, 3.8) is 0 Å². The van der Waals surface area contributed by atoms with Gasteiger partial charge in [-0.05, 0) is 30.2 Å². The Morgan fingerprint density at radius 3 is 2.35 bits per heavy atom. The number of alkyl halides is 3. The minimum Gasteiger partial charge on any atom is -0.465 e. The van der Waals surface area contributed by atoms with Crippen molar-refractivity contribution in [1.29, 1.82) is 5.41 Å². The molecule has 1 saturated heterocycles. The average Bonchev–Trinajstić information content (AvgIpc) is 3.30. The first kappa shape index (κ1) is 27.2. The number of nitro benzene ring substituents is 1. The molecule has 0 bridgehead atoms. The highest BCUT2D eigenvalue weighted by atomic mass is 19.4. The number of methoxy groups -OCH3 is 1. The van der Waals surface area contributed by atoms with Gasteiger partial charge in [-0.25, -0.2) is 4.79 Å². The Balaban J connectivity index is 1.89. The first-order chi connectivity index (χ1) is 17.4. The predicted octanol–water partition coefficient (Wildman–Crippen LogP) is 3.46. The fourth-order valence-corrected chi connectivity index (χ4v) is 3.74. The van der Waals surface area contributed by atoms with Gasteiger partial charge in [0.15, 0.2) is 5.71 Å². The number of carbonyl (C=O) groups excluding carboxylic acids is 2. The lowest BCUT2D eigenvalue weighted by molar-refractivity contribution is -0.384. The van der Waals surface area contributed by atoms with Crippen molar-refractivity contribution in [2.75, 3.05) is 20.2 Å². The fourth-order valence-electron chi connectivity index (χ4n) is 3.74. The van der Waals surface area contributed by atoms with Crippen LogP contribution >= 0.6 is 0 Å². The van der Waals surface area contributed by atoms with Crippen molar-refractivity contribution in [2.24, 2.45) is 0 Å². The summed E-state index contributed by atoms with van der Waals surface area (Å²) in [6, 6.07) is 10.8. The van der Waals surface area contributed by atoms with Crippen molar-refractivity contribution >= 4 is 23.3 Å². The molecule has 0 radical (unpaired) electrons. The number of benzene rings is 2. The summed E-state index contributed by atoms with van der Waals surface area (Å²) in [5, 5.41) is 23.9. The molecule has 1 heterocycles. The molecule has 2 aromatic rings. The normalized spacial score (nSPS) is 15.4. The summed E-state index contributed by atoms with van der Waals surface area (Å²) >= 11 is 0. The number of nitro groups is 1. The van der Waals surface area contributed by atoms with E-state index < -0.39 is 40.3 Å². The zero-order valence-electron chi connectivity index (χ0n) is 19.9. The van der Waals surface area contributed by atoms with E-state index in [-0.39, 0.29) is 36.7 Å². The smallest absolute Gasteiger partial charge is 0.433 e. The molecule has 1 fully saturated rings. The van der Waals surface area contributed by atoms with Crippen LogP contribution in [-0.2, 0) is 16.1 Å². The number of nitrogens with zero attached hydrogens (tertiary/aromatic N) is 2. The topological polar surface area (TPSA) is 138 Å². The molecule has 0 aliphatic carbocycles. The summed E-state index contributed by atoms with van der Waals surface area (Å²) in [5.74, 6) is -1.83. The third-order valence-electron chi connectivity index (χ3n) is 5.69. The molecule has 0 aromatic heterocycles. The molecule has 0 spiro atoms. The van der Waals surface area contributed by atoms with Crippen LogP contribution in [-0.4, -0.2) is 53.8 Å². The van der Waals surface area contributed by atoms with Gasteiger partial charge in [-0.3, -0.25) is 20.3 Å². The Labute approximate surface area is 209 Å². The number of ether oxygens (including phenoxy) is 1. The minimum atomic E-state index is -5.09. The van der Waals surface area contributed by atoms with E-state index in [1.807, 2.05) is 0 Å². The molecule has 37 heavy (non-hydrogen) atoms. The lowest BCUT2D eigenvalue weighted by Crippen LogP contribution is -2.39. The number of rotatable bonds is 8. The van der Waals surface area contributed by atoms with Gasteiger partial charge in [-0.15, -0.1) is 0 Å². The van der Waals surface area contributed by atoms with Gasteiger partial charge in [0.25, 0.3) is 11.6 Å². The van der Waals surface area contributed by atoms with Crippen molar-refractivity contribution in [3.05, 3.63) is 86.7 Å². The maximum absolute atomic E-state index is 13.6. The van der Waals surface area contributed by atoms with Crippen molar-refractivity contribution in [1.82, 2.24) is 15.5 Å². The molecule has 3 N–H and O–H groups in total. The molecule has 2 aromatic carbocycles. The van der Waals surface area contributed by atoms with E-state index in [0.717, 1.165) is 0 Å². The third kappa shape index (κ3) is 6.42. The summed E-state index contributed by atoms with van der Waals surface area (Å²) in [6.07, 6.45) is -5.09. The van der Waals surface area contributed by atoms with Crippen molar-refractivity contribution in [2.45, 2.75) is 25.7 Å². The largest absolute Gasteiger partial charge is 0.465 e. The summed E-state index contributed by atoms with van der Waals surface area (Å²) in [4.78, 5) is 36.5. The Morgan fingerprint density at radius 1 is 1.19 bits per heavy atom. The van der Waals surface area contributed by atoms with Crippen LogP contribution in [0.3, 0.4) is 0 Å². The molecular weight excluding hydrogens is 495 g/mol. The van der Waals surface area contributed by atoms with Gasteiger partial charge in [0.1, 0.15) is 11.4 Å². The van der Waals surface area contributed by atoms with Gasteiger partial charge in [0.2, 0.25) is 0 Å². The van der Waals surface area contributed by atoms with E-state index >= 15 is 0 Å². The number of nitrogens with one attached hydrogen (secondary N) is 3. The van der Waals surface area contributed by atoms with Gasteiger partial charge >= 0.3 is 12.1 Å². The molecule has 1 aliphatic heterocycles. The second kappa shape index (κ2) is 11.1. The van der Waals surface area contributed by atoms with E-state index in [1.165, 1.54) is 60.5 Å². The Kier molecular flexibility index (Phi) is 8.15. The molecule has 1 aliphatic rings. The summed E-state index contributed by atoms with van der Waals surface area (Å²) in [7, 11) is 1.23. The standard InChI is InChI=1S/C24H24F3N5O5/c1-14(16-5-7-17(8-6-16)23(34)37-2)30-22(33)19(20(28)24(25,26)27)21-29-11-12-31(21)13-15-3-9-18(10-4-15)32(35)36/h3-10,14,28-29H,11-13H2,1-2H3,(H,30,33)/b21-19-,28-20?. The molecule has 3 rings (SSSR count). The number of hydrogen-bond acceptors (Lipinski definition) is 8. The van der Waals surface area contributed by atoms with Crippen LogP contribution in [0.4, 0.5) is 18.9 Å². The van der Waals surface area contributed by atoms with Crippen molar-refractivity contribution in [3.8, 4) is 0 Å². The second-order valence-corrected chi connectivity index (χ2v) is 8.18. The van der Waals surface area contributed by atoms with Gasteiger partial charge in [0, 0.05) is 31.8 Å². The molecule has 13 heteroatoms. The van der Waals surface area contributed by atoms with Crippen LogP contribution in [0, 0.1) is 15.5 Å². The summed E-state index contributed by atoms with van der Waals surface area (Å²) in [6.45, 7) is 2.10. The SMILES string of the molecule is COC(=O)c1ccc(C(C)NC(=O)/C(C(=N)C(F)(F)F)=C2/NCCN2Cc2ccc([N+](=O)[O-])cc2)cc1. The second-order valence-electron chi connectivity index (χ2n) is 8.18. The fraction of sp³-hybridized carbons (Fsp3) is 0.292. The van der Waals surface area contributed by atoms with Crippen LogP contribution in [0.5, 0.6) is 0 Å². The maximum atomic E-state index is 13.6. The molecule has 1 amide bonds. The quantitative estimate of drug-likeness (QED) is 0.160. The molecule has 0 saturated carbocycles. The number of esters is 1. The molecule has 1 unspecified atom stereocenters. The lowest BCUT2D eigenvalue weighted by Gasteiger charge is -2.24. The van der Waals surface area contributed by atoms with Gasteiger partial charge < -0.3 is 20.3 Å². The Morgan fingerprint density at radius 2 is 1.81 bits per heavy atom. The number of halogens is 3. The minimum absolute atomic E-state index is 0.0623. The van der Waals surface area contributed by atoms with Crippen LogP contribution in [0.15, 0.2) is 59.9 Å². The lowest BCUT2D eigenvalue weighted by atomic mass is 10.0. The number of carbonyl (C=O) groups is 2. The highest BCUT2D eigenvalue weighted by Gasteiger charge is 2.42. The Hall–Kier alpha value is -4.42. The Bertz CT molecular complexity index is 1230. The highest BCUT2D eigenvalue weighted by molar-refractivity contribution is 6.23. The summed E-state index contributed by atoms with van der Waals surface area (Å²) in [5.41, 5.74) is -1.45. The van der Waals surface area contributed by atoms with E-state index in [9.17, 15) is 32.9 Å². The van der Waals surface area contributed by atoms with E-state index in [4.69, 9.17) is 5.41 Å². The average molecular weight is 519 g/mol. The zero-order chi connectivity index (χ0) is 27.3. The molecule has 10 nitrogen and oxygen atoms in total. The summed E-state index contributed by atoms with van der Waals surface area (Å²) < 4.78 is 45.5. The molecule has 196 valence electrons. The van der Waals surface area contributed by atoms with E-state index in [0.29, 0.717) is 11.1 Å². The maximum Gasteiger partial charge on any atom is 0.433 e. The van der Waals surface area contributed by atoms with Crippen molar-refractivity contribution < 1.29 is 32.4 Å². The third-order valence-corrected chi connectivity index (χ3v) is 5.69. The molecule has 1 atom stereocenters. The first-order valence-electron chi connectivity index (χ1n) is 11.0.